The van der Waals surface area contributed by atoms with Crippen LogP contribution in [0.3, 0.4) is 0 Å². The Morgan fingerprint density at radius 2 is 1.50 bits per heavy atom. The molecule has 0 bridgehead atoms. The molecule has 1 aliphatic rings. The molecule has 0 fully saturated rings. The van der Waals surface area contributed by atoms with E-state index in [2.05, 4.69) is 17.4 Å². The molecule has 0 aromatic heterocycles. The highest BCUT2D eigenvalue weighted by molar-refractivity contribution is 6.33. The number of halogens is 1. The Kier molecular flexibility index (Phi) is 3.34. The van der Waals surface area contributed by atoms with Gasteiger partial charge in [-0.15, -0.1) is 0 Å². The first-order valence-electron chi connectivity index (χ1n) is 8.45. The molecule has 124 valence electrons. The van der Waals surface area contributed by atoms with Gasteiger partial charge in [-0.2, -0.15) is 0 Å². The van der Waals surface area contributed by atoms with Gasteiger partial charge in [0.15, 0.2) is 5.78 Å². The van der Waals surface area contributed by atoms with Crippen LogP contribution in [0.5, 0.6) is 0 Å². The average molecular weight is 356 g/mol. The van der Waals surface area contributed by atoms with Crippen LogP contribution < -0.4 is 5.32 Å². The molecule has 1 N–H and O–H groups in total. The Labute approximate surface area is 156 Å². The van der Waals surface area contributed by atoms with Crippen molar-refractivity contribution in [2.24, 2.45) is 0 Å². The van der Waals surface area contributed by atoms with E-state index in [9.17, 15) is 4.79 Å². The lowest BCUT2D eigenvalue weighted by Gasteiger charge is -2.11. The summed E-state index contributed by atoms with van der Waals surface area (Å²) >= 11 is 6.24. The van der Waals surface area contributed by atoms with Crippen LogP contribution in [0.25, 0.3) is 21.9 Å². The lowest BCUT2D eigenvalue weighted by molar-refractivity contribution is 0.104. The molecule has 0 radical (unpaired) electrons. The van der Waals surface area contributed by atoms with Gasteiger partial charge in [-0.1, -0.05) is 60.1 Å². The maximum atomic E-state index is 12.7. The van der Waals surface area contributed by atoms with Crippen molar-refractivity contribution in [3.05, 3.63) is 95.0 Å². The quantitative estimate of drug-likeness (QED) is 0.394. The molecule has 0 saturated heterocycles. The summed E-state index contributed by atoms with van der Waals surface area (Å²) in [4.78, 5) is 12.7. The number of ketones is 1. The first-order chi connectivity index (χ1) is 12.7. The Balaban J connectivity index is 1.65. The van der Waals surface area contributed by atoms with E-state index in [-0.39, 0.29) is 5.78 Å². The normalized spacial score (nSPS) is 12.1. The molecule has 0 saturated carbocycles. The number of nitrogens with one attached hydrogen (secondary N) is 1. The lowest BCUT2D eigenvalue weighted by atomic mass is 9.97. The predicted octanol–water partition coefficient (Wildman–Crippen LogP) is 6.45. The van der Waals surface area contributed by atoms with Gasteiger partial charge in [0.1, 0.15) is 0 Å². The molecule has 0 heterocycles. The topological polar surface area (TPSA) is 29.1 Å². The van der Waals surface area contributed by atoms with E-state index in [4.69, 9.17) is 11.6 Å². The van der Waals surface area contributed by atoms with E-state index in [1.807, 2.05) is 66.7 Å². The highest BCUT2D eigenvalue weighted by Gasteiger charge is 2.27. The molecule has 1 aliphatic carbocycles. The maximum Gasteiger partial charge on any atom is 0.194 e. The number of fused-ring (bicyclic) bond motifs is 5. The highest BCUT2D eigenvalue weighted by atomic mass is 35.5. The average Bonchev–Trinajstić information content (AvgIpc) is 2.97. The van der Waals surface area contributed by atoms with Crippen molar-refractivity contribution >= 4 is 39.5 Å². The van der Waals surface area contributed by atoms with Gasteiger partial charge < -0.3 is 5.32 Å². The first kappa shape index (κ1) is 15.2. The monoisotopic (exact) mass is 355 g/mol. The zero-order chi connectivity index (χ0) is 17.7. The van der Waals surface area contributed by atoms with Crippen molar-refractivity contribution < 1.29 is 4.79 Å². The summed E-state index contributed by atoms with van der Waals surface area (Å²) in [5.41, 5.74) is 5.45. The molecule has 5 rings (SSSR count). The van der Waals surface area contributed by atoms with Crippen LogP contribution in [0.1, 0.15) is 15.9 Å². The van der Waals surface area contributed by atoms with Crippen LogP contribution in [0.15, 0.2) is 78.9 Å². The number of carbonyl (C=O) groups is 1. The van der Waals surface area contributed by atoms with Gasteiger partial charge in [0, 0.05) is 22.4 Å². The third-order valence-electron chi connectivity index (χ3n) is 4.86. The minimum absolute atomic E-state index is 0.107. The summed E-state index contributed by atoms with van der Waals surface area (Å²) in [7, 11) is 0. The van der Waals surface area contributed by atoms with Gasteiger partial charge in [-0.05, 0) is 46.7 Å². The molecule has 0 unspecified atom stereocenters. The molecule has 0 aliphatic heterocycles. The SMILES string of the molecule is O=C1c2ccccc2-c2c1ccc1cc(Nc3ccccc3Cl)ccc21. The number of rotatable bonds is 2. The lowest BCUT2D eigenvalue weighted by Crippen LogP contribution is -1.95. The minimum Gasteiger partial charge on any atom is -0.354 e. The van der Waals surface area contributed by atoms with Crippen LogP contribution in [-0.4, -0.2) is 5.78 Å². The van der Waals surface area contributed by atoms with E-state index in [1.54, 1.807) is 0 Å². The Bertz CT molecular complexity index is 1200. The standard InChI is InChI=1S/C23H14ClNO/c24-20-7-3-4-8-21(20)25-15-10-12-16-14(13-15)9-11-19-22(16)17-5-1-2-6-18(17)23(19)26/h1-13,25H. The Hall–Kier alpha value is -3.10. The van der Waals surface area contributed by atoms with Crippen molar-refractivity contribution in [3.63, 3.8) is 0 Å². The summed E-state index contributed by atoms with van der Waals surface area (Å²) in [6, 6.07) is 25.6. The summed E-state index contributed by atoms with van der Waals surface area (Å²) in [5.74, 6) is 0.107. The molecule has 0 spiro atoms. The summed E-state index contributed by atoms with van der Waals surface area (Å²) in [6.07, 6.45) is 0. The van der Waals surface area contributed by atoms with E-state index < -0.39 is 0 Å². The number of hydrogen-bond acceptors (Lipinski definition) is 2. The van der Waals surface area contributed by atoms with Gasteiger partial charge in [0.2, 0.25) is 0 Å². The molecule has 3 heteroatoms. The van der Waals surface area contributed by atoms with Gasteiger partial charge in [-0.3, -0.25) is 4.79 Å². The number of hydrogen-bond donors (Lipinski definition) is 1. The van der Waals surface area contributed by atoms with Crippen LogP contribution in [0.2, 0.25) is 5.02 Å². The molecule has 0 atom stereocenters. The highest BCUT2D eigenvalue weighted by Crippen LogP contribution is 2.41. The summed E-state index contributed by atoms with van der Waals surface area (Å²) in [5, 5.41) is 6.22. The van der Waals surface area contributed by atoms with Crippen LogP contribution in [0.4, 0.5) is 11.4 Å². The minimum atomic E-state index is 0.107. The van der Waals surface area contributed by atoms with Crippen molar-refractivity contribution in [3.8, 4) is 11.1 Å². The second kappa shape index (κ2) is 5.72. The smallest absolute Gasteiger partial charge is 0.194 e. The molecule has 4 aromatic carbocycles. The second-order valence-corrected chi connectivity index (χ2v) is 6.81. The fourth-order valence-corrected chi connectivity index (χ4v) is 3.83. The van der Waals surface area contributed by atoms with Gasteiger partial charge in [0.25, 0.3) is 0 Å². The molecular weight excluding hydrogens is 342 g/mol. The van der Waals surface area contributed by atoms with Crippen molar-refractivity contribution in [2.75, 3.05) is 5.32 Å². The number of anilines is 2. The molecule has 0 amide bonds. The third-order valence-corrected chi connectivity index (χ3v) is 5.19. The Morgan fingerprint density at radius 3 is 2.35 bits per heavy atom. The van der Waals surface area contributed by atoms with Crippen LogP contribution in [0, 0.1) is 0 Å². The van der Waals surface area contributed by atoms with Crippen molar-refractivity contribution in [2.45, 2.75) is 0 Å². The fourth-order valence-electron chi connectivity index (χ4n) is 3.65. The van der Waals surface area contributed by atoms with Gasteiger partial charge >= 0.3 is 0 Å². The molecule has 4 aromatic rings. The van der Waals surface area contributed by atoms with E-state index >= 15 is 0 Å². The first-order valence-corrected chi connectivity index (χ1v) is 8.82. The van der Waals surface area contributed by atoms with E-state index in [0.29, 0.717) is 5.02 Å². The molecule has 2 nitrogen and oxygen atoms in total. The van der Waals surface area contributed by atoms with Crippen molar-refractivity contribution in [1.29, 1.82) is 0 Å². The Morgan fingerprint density at radius 1 is 0.731 bits per heavy atom. The maximum absolute atomic E-state index is 12.7. The fraction of sp³-hybridized carbons (Fsp3) is 0. The van der Waals surface area contributed by atoms with Gasteiger partial charge in [0.05, 0.1) is 10.7 Å². The number of para-hydroxylation sites is 1. The largest absolute Gasteiger partial charge is 0.354 e. The zero-order valence-corrected chi connectivity index (χ0v) is 14.5. The van der Waals surface area contributed by atoms with Crippen LogP contribution >= 0.6 is 11.6 Å². The molecular formula is C23H14ClNO. The van der Waals surface area contributed by atoms with Crippen molar-refractivity contribution in [1.82, 2.24) is 0 Å². The number of carbonyl (C=O) groups excluding carboxylic acids is 1. The summed E-state index contributed by atoms with van der Waals surface area (Å²) < 4.78 is 0. The second-order valence-electron chi connectivity index (χ2n) is 6.40. The number of benzene rings is 4. The summed E-state index contributed by atoms with van der Waals surface area (Å²) in [6.45, 7) is 0. The third kappa shape index (κ3) is 2.23. The molecule has 26 heavy (non-hydrogen) atoms. The van der Waals surface area contributed by atoms with E-state index in [1.165, 1.54) is 0 Å². The predicted molar refractivity (Wildman–Crippen MR) is 108 cm³/mol. The zero-order valence-electron chi connectivity index (χ0n) is 13.8. The van der Waals surface area contributed by atoms with Gasteiger partial charge in [-0.25, -0.2) is 0 Å². The van der Waals surface area contributed by atoms with E-state index in [0.717, 1.165) is 44.4 Å². The van der Waals surface area contributed by atoms with Crippen LogP contribution in [-0.2, 0) is 0 Å².